The van der Waals surface area contributed by atoms with Crippen LogP contribution in [0, 0.1) is 0 Å². The van der Waals surface area contributed by atoms with Gasteiger partial charge in [0.1, 0.15) is 0 Å². The first kappa shape index (κ1) is 18.0. The third kappa shape index (κ3) is 3.72. The van der Waals surface area contributed by atoms with Gasteiger partial charge in [-0.2, -0.15) is 0 Å². The number of para-hydroxylation sites is 3. The molecule has 0 bridgehead atoms. The monoisotopic (exact) mass is 351 g/mol. The van der Waals surface area contributed by atoms with Crippen LogP contribution in [0.15, 0.2) is 48.5 Å². The number of rotatable bonds is 4. The number of carbonyl (C=O) groups is 2. The number of fused-ring (bicyclic) bond motifs is 1. The lowest BCUT2D eigenvalue weighted by Crippen LogP contribution is -2.42. The molecule has 5 heteroatoms. The van der Waals surface area contributed by atoms with E-state index in [-0.39, 0.29) is 30.8 Å². The average molecular weight is 351 g/mol. The van der Waals surface area contributed by atoms with Crippen LogP contribution in [0.3, 0.4) is 0 Å². The van der Waals surface area contributed by atoms with E-state index >= 15 is 0 Å². The molecule has 0 aliphatic carbocycles. The highest BCUT2D eigenvalue weighted by atomic mass is 16.2. The van der Waals surface area contributed by atoms with Crippen LogP contribution in [0.25, 0.3) is 0 Å². The number of hydrogen-bond acceptors (Lipinski definition) is 3. The maximum Gasteiger partial charge on any atom is 0.246 e. The summed E-state index contributed by atoms with van der Waals surface area (Å²) in [5, 5.41) is 6.16. The summed E-state index contributed by atoms with van der Waals surface area (Å²) in [5.41, 5.74) is 3.58. The molecule has 2 aromatic carbocycles. The summed E-state index contributed by atoms with van der Waals surface area (Å²) >= 11 is 0. The second-order valence-electron chi connectivity index (χ2n) is 6.98. The van der Waals surface area contributed by atoms with E-state index < -0.39 is 0 Å². The second-order valence-corrected chi connectivity index (χ2v) is 6.98. The van der Waals surface area contributed by atoms with Crippen molar-refractivity contribution in [3.8, 4) is 0 Å². The lowest BCUT2D eigenvalue weighted by atomic mass is 10.0. The molecule has 2 aromatic rings. The SMILES string of the molecule is CC(C)c1ccccc1NCC(=O)N1c2ccccc2NC(=O)C[C@@H]1C. The molecule has 1 heterocycles. The molecule has 0 spiro atoms. The van der Waals surface area contributed by atoms with Gasteiger partial charge >= 0.3 is 0 Å². The molecule has 2 N–H and O–H groups in total. The summed E-state index contributed by atoms with van der Waals surface area (Å²) in [6.45, 7) is 6.34. The molecule has 0 unspecified atom stereocenters. The van der Waals surface area contributed by atoms with Gasteiger partial charge in [-0.15, -0.1) is 0 Å². The van der Waals surface area contributed by atoms with Gasteiger partial charge in [-0.1, -0.05) is 44.2 Å². The molecule has 1 aliphatic rings. The Labute approximate surface area is 154 Å². The molecular weight excluding hydrogens is 326 g/mol. The van der Waals surface area contributed by atoms with Gasteiger partial charge in [0.05, 0.1) is 17.9 Å². The van der Waals surface area contributed by atoms with Gasteiger partial charge in [0.2, 0.25) is 11.8 Å². The zero-order valence-corrected chi connectivity index (χ0v) is 15.5. The Kier molecular flexibility index (Phi) is 5.26. The highest BCUT2D eigenvalue weighted by molar-refractivity contribution is 6.05. The highest BCUT2D eigenvalue weighted by Crippen LogP contribution is 2.31. The normalized spacial score (nSPS) is 16.7. The molecule has 136 valence electrons. The van der Waals surface area contributed by atoms with E-state index in [4.69, 9.17) is 0 Å². The molecular formula is C21H25N3O2. The molecule has 3 rings (SSSR count). The van der Waals surface area contributed by atoms with E-state index in [2.05, 4.69) is 30.5 Å². The van der Waals surface area contributed by atoms with Crippen LogP contribution in [-0.4, -0.2) is 24.4 Å². The zero-order chi connectivity index (χ0) is 18.7. The average Bonchev–Trinajstić information content (AvgIpc) is 2.74. The predicted molar refractivity (Wildman–Crippen MR) is 106 cm³/mol. The van der Waals surface area contributed by atoms with Gasteiger partial charge in [0.25, 0.3) is 0 Å². The molecule has 0 radical (unpaired) electrons. The Morgan fingerprint density at radius 3 is 2.65 bits per heavy atom. The number of anilines is 3. The minimum absolute atomic E-state index is 0.0555. The fourth-order valence-corrected chi connectivity index (χ4v) is 3.39. The van der Waals surface area contributed by atoms with Crippen LogP contribution < -0.4 is 15.5 Å². The maximum atomic E-state index is 13.0. The van der Waals surface area contributed by atoms with Crippen LogP contribution in [-0.2, 0) is 9.59 Å². The van der Waals surface area contributed by atoms with Crippen LogP contribution >= 0.6 is 0 Å². The Hall–Kier alpha value is -2.82. The van der Waals surface area contributed by atoms with Crippen LogP contribution in [0.5, 0.6) is 0 Å². The van der Waals surface area contributed by atoms with Crippen molar-refractivity contribution in [1.29, 1.82) is 0 Å². The summed E-state index contributed by atoms with van der Waals surface area (Å²) < 4.78 is 0. The number of nitrogens with zero attached hydrogens (tertiary/aromatic N) is 1. The zero-order valence-electron chi connectivity index (χ0n) is 15.5. The van der Waals surface area contributed by atoms with Crippen molar-refractivity contribution in [2.24, 2.45) is 0 Å². The summed E-state index contributed by atoms with van der Waals surface area (Å²) in [6.07, 6.45) is 0.281. The topological polar surface area (TPSA) is 61.4 Å². The molecule has 0 saturated heterocycles. The quantitative estimate of drug-likeness (QED) is 0.876. The molecule has 5 nitrogen and oxygen atoms in total. The number of amides is 2. The van der Waals surface area contributed by atoms with Crippen LogP contribution in [0.4, 0.5) is 17.1 Å². The fourth-order valence-electron chi connectivity index (χ4n) is 3.39. The molecule has 1 atom stereocenters. The predicted octanol–water partition coefficient (Wildman–Crippen LogP) is 3.99. The van der Waals surface area contributed by atoms with E-state index in [0.29, 0.717) is 11.6 Å². The summed E-state index contributed by atoms with van der Waals surface area (Å²) in [6, 6.07) is 15.3. The lowest BCUT2D eigenvalue weighted by molar-refractivity contribution is -0.118. The van der Waals surface area contributed by atoms with Crippen molar-refractivity contribution in [2.45, 2.75) is 39.2 Å². The van der Waals surface area contributed by atoms with E-state index in [0.717, 1.165) is 11.4 Å². The summed E-state index contributed by atoms with van der Waals surface area (Å²) in [5.74, 6) is 0.242. The minimum Gasteiger partial charge on any atom is -0.376 e. The number of nitrogens with one attached hydrogen (secondary N) is 2. The molecule has 26 heavy (non-hydrogen) atoms. The Morgan fingerprint density at radius 1 is 1.19 bits per heavy atom. The molecule has 2 amide bonds. The van der Waals surface area contributed by atoms with Crippen molar-refractivity contribution in [1.82, 2.24) is 0 Å². The third-order valence-corrected chi connectivity index (χ3v) is 4.64. The van der Waals surface area contributed by atoms with E-state index in [9.17, 15) is 9.59 Å². The van der Waals surface area contributed by atoms with Crippen LogP contribution in [0.2, 0.25) is 0 Å². The standard InChI is InChI=1S/C21H25N3O2/c1-14(2)16-8-4-5-9-17(16)22-13-21(26)24-15(3)12-20(25)23-18-10-6-7-11-19(18)24/h4-11,14-15,22H,12-13H2,1-3H3,(H,23,25)/t15-/m0/s1. The molecule has 0 fully saturated rings. The van der Waals surface area contributed by atoms with Crippen molar-refractivity contribution in [2.75, 3.05) is 22.1 Å². The smallest absolute Gasteiger partial charge is 0.246 e. The lowest BCUT2D eigenvalue weighted by Gasteiger charge is -2.28. The highest BCUT2D eigenvalue weighted by Gasteiger charge is 2.29. The number of carbonyl (C=O) groups excluding carboxylic acids is 2. The Bertz CT molecular complexity index is 816. The first-order valence-electron chi connectivity index (χ1n) is 9.01. The van der Waals surface area contributed by atoms with Crippen molar-refractivity contribution >= 4 is 28.9 Å². The fraction of sp³-hybridized carbons (Fsp3) is 0.333. The largest absolute Gasteiger partial charge is 0.376 e. The second kappa shape index (κ2) is 7.60. The molecule has 1 aliphatic heterocycles. The van der Waals surface area contributed by atoms with Crippen LogP contribution in [0.1, 0.15) is 38.7 Å². The molecule has 0 aromatic heterocycles. The summed E-state index contributed by atoms with van der Waals surface area (Å²) in [4.78, 5) is 26.8. The number of benzene rings is 2. The summed E-state index contributed by atoms with van der Waals surface area (Å²) in [7, 11) is 0. The van der Waals surface area contributed by atoms with Gasteiger partial charge in [-0.25, -0.2) is 0 Å². The first-order valence-corrected chi connectivity index (χ1v) is 9.01. The maximum absolute atomic E-state index is 13.0. The van der Waals surface area contributed by atoms with Gasteiger partial charge in [0.15, 0.2) is 0 Å². The van der Waals surface area contributed by atoms with Gasteiger partial charge in [-0.3, -0.25) is 9.59 Å². The molecule has 0 saturated carbocycles. The third-order valence-electron chi connectivity index (χ3n) is 4.64. The number of hydrogen-bond donors (Lipinski definition) is 2. The van der Waals surface area contributed by atoms with E-state index in [1.165, 1.54) is 5.56 Å². The Morgan fingerprint density at radius 2 is 1.88 bits per heavy atom. The first-order chi connectivity index (χ1) is 12.5. The van der Waals surface area contributed by atoms with E-state index in [1.54, 1.807) is 4.90 Å². The van der Waals surface area contributed by atoms with Gasteiger partial charge in [0, 0.05) is 18.2 Å². The Balaban J connectivity index is 1.82. The van der Waals surface area contributed by atoms with Crippen molar-refractivity contribution in [3.63, 3.8) is 0 Å². The van der Waals surface area contributed by atoms with Gasteiger partial charge < -0.3 is 15.5 Å². The minimum atomic E-state index is -0.201. The van der Waals surface area contributed by atoms with Crippen molar-refractivity contribution in [3.05, 3.63) is 54.1 Å². The van der Waals surface area contributed by atoms with Gasteiger partial charge in [-0.05, 0) is 36.6 Å². The van der Waals surface area contributed by atoms with E-state index in [1.807, 2.05) is 49.4 Å². The van der Waals surface area contributed by atoms with Crippen molar-refractivity contribution < 1.29 is 9.59 Å².